The minimum atomic E-state index is -0.0488. The van der Waals surface area contributed by atoms with Crippen LogP contribution in [0.15, 0.2) is 17.1 Å². The second-order valence-electron chi connectivity index (χ2n) is 4.50. The highest BCUT2D eigenvalue weighted by molar-refractivity contribution is 7.10. The molecule has 0 bridgehead atoms. The van der Waals surface area contributed by atoms with Crippen LogP contribution in [-0.4, -0.2) is 16.5 Å². The molecule has 0 atom stereocenters. The molecule has 2 aromatic rings. The maximum absolute atomic E-state index is 4.37. The fourth-order valence-electron chi connectivity index (χ4n) is 1.66. The standard InChI is InChI=1S/C12H17N3S2/c1-9-10(17-8-14-9)4-5-15-12(2,3)11-13-6-7-16-11/h6-8,15H,4-5H2,1-3H3. The van der Waals surface area contributed by atoms with Crippen molar-refractivity contribution < 1.29 is 0 Å². The van der Waals surface area contributed by atoms with Gasteiger partial charge in [0.15, 0.2) is 0 Å². The number of rotatable bonds is 5. The van der Waals surface area contributed by atoms with E-state index < -0.39 is 0 Å². The molecule has 0 amide bonds. The summed E-state index contributed by atoms with van der Waals surface area (Å²) in [6.45, 7) is 7.37. The minimum Gasteiger partial charge on any atom is -0.305 e. The Bertz CT molecular complexity index is 460. The molecule has 5 heteroatoms. The van der Waals surface area contributed by atoms with Crippen LogP contribution >= 0.6 is 22.7 Å². The molecular formula is C12H17N3S2. The molecule has 0 aliphatic carbocycles. The van der Waals surface area contributed by atoms with Gasteiger partial charge in [-0.1, -0.05) is 0 Å². The highest BCUT2D eigenvalue weighted by Crippen LogP contribution is 2.22. The van der Waals surface area contributed by atoms with Gasteiger partial charge in [0, 0.05) is 23.0 Å². The van der Waals surface area contributed by atoms with Crippen molar-refractivity contribution in [1.82, 2.24) is 15.3 Å². The Kier molecular flexibility index (Phi) is 3.91. The minimum absolute atomic E-state index is 0.0488. The van der Waals surface area contributed by atoms with E-state index in [2.05, 4.69) is 36.1 Å². The van der Waals surface area contributed by atoms with E-state index >= 15 is 0 Å². The summed E-state index contributed by atoms with van der Waals surface area (Å²) < 4.78 is 0. The molecule has 2 aromatic heterocycles. The van der Waals surface area contributed by atoms with Crippen LogP contribution in [0.4, 0.5) is 0 Å². The number of nitrogens with zero attached hydrogens (tertiary/aromatic N) is 2. The van der Waals surface area contributed by atoms with Gasteiger partial charge < -0.3 is 5.32 Å². The zero-order chi connectivity index (χ0) is 12.3. The Morgan fingerprint density at radius 2 is 2.12 bits per heavy atom. The molecule has 0 saturated heterocycles. The van der Waals surface area contributed by atoms with Gasteiger partial charge in [-0.3, -0.25) is 0 Å². The predicted molar refractivity (Wildman–Crippen MR) is 73.7 cm³/mol. The van der Waals surface area contributed by atoms with Crippen LogP contribution in [0.3, 0.4) is 0 Å². The zero-order valence-corrected chi connectivity index (χ0v) is 12.0. The summed E-state index contributed by atoms with van der Waals surface area (Å²) in [5.41, 5.74) is 3.02. The van der Waals surface area contributed by atoms with Crippen LogP contribution in [0.25, 0.3) is 0 Å². The quantitative estimate of drug-likeness (QED) is 0.905. The van der Waals surface area contributed by atoms with E-state index in [4.69, 9.17) is 0 Å². The Hall–Kier alpha value is -0.780. The van der Waals surface area contributed by atoms with Crippen LogP contribution in [0.5, 0.6) is 0 Å². The Balaban J connectivity index is 1.88. The van der Waals surface area contributed by atoms with E-state index in [-0.39, 0.29) is 5.54 Å². The van der Waals surface area contributed by atoms with Crippen molar-refractivity contribution in [1.29, 1.82) is 0 Å². The fourth-order valence-corrected chi connectivity index (χ4v) is 3.18. The molecule has 92 valence electrons. The third-order valence-electron chi connectivity index (χ3n) is 2.73. The van der Waals surface area contributed by atoms with E-state index in [1.807, 2.05) is 17.1 Å². The van der Waals surface area contributed by atoms with Gasteiger partial charge in [0.1, 0.15) is 5.01 Å². The van der Waals surface area contributed by atoms with Gasteiger partial charge in [0.25, 0.3) is 0 Å². The number of hydrogen-bond donors (Lipinski definition) is 1. The molecule has 0 aliphatic rings. The van der Waals surface area contributed by atoms with Gasteiger partial charge in [-0.25, -0.2) is 9.97 Å². The first-order valence-electron chi connectivity index (χ1n) is 5.63. The van der Waals surface area contributed by atoms with Crippen LogP contribution < -0.4 is 5.32 Å². The number of thiazole rings is 2. The van der Waals surface area contributed by atoms with Crippen molar-refractivity contribution in [2.45, 2.75) is 32.7 Å². The number of aromatic nitrogens is 2. The van der Waals surface area contributed by atoms with Gasteiger partial charge in [-0.15, -0.1) is 22.7 Å². The molecular weight excluding hydrogens is 250 g/mol. The molecule has 0 unspecified atom stereocenters. The molecule has 2 rings (SSSR count). The molecule has 2 heterocycles. The summed E-state index contributed by atoms with van der Waals surface area (Å²) in [6.07, 6.45) is 2.89. The topological polar surface area (TPSA) is 37.8 Å². The van der Waals surface area contributed by atoms with Gasteiger partial charge >= 0.3 is 0 Å². The Labute approximate surface area is 110 Å². The number of aryl methyl sites for hydroxylation is 1. The molecule has 3 nitrogen and oxygen atoms in total. The lowest BCUT2D eigenvalue weighted by Gasteiger charge is -2.23. The van der Waals surface area contributed by atoms with Crippen molar-refractivity contribution in [3.05, 3.63) is 32.7 Å². The van der Waals surface area contributed by atoms with Crippen molar-refractivity contribution in [2.24, 2.45) is 0 Å². The SMILES string of the molecule is Cc1ncsc1CCNC(C)(C)c1nccs1. The molecule has 17 heavy (non-hydrogen) atoms. The van der Waals surface area contributed by atoms with Gasteiger partial charge in [-0.05, 0) is 27.2 Å². The smallest absolute Gasteiger partial charge is 0.112 e. The van der Waals surface area contributed by atoms with Crippen LogP contribution in [0.2, 0.25) is 0 Å². The lowest BCUT2D eigenvalue weighted by molar-refractivity contribution is 0.405. The molecule has 0 fully saturated rings. The van der Waals surface area contributed by atoms with Crippen LogP contribution in [0, 0.1) is 6.92 Å². The zero-order valence-electron chi connectivity index (χ0n) is 10.4. The summed E-state index contributed by atoms with van der Waals surface area (Å²) >= 11 is 3.43. The lowest BCUT2D eigenvalue weighted by Crippen LogP contribution is -2.37. The summed E-state index contributed by atoms with van der Waals surface area (Å²) in [6, 6.07) is 0. The molecule has 1 N–H and O–H groups in total. The Morgan fingerprint density at radius 1 is 1.29 bits per heavy atom. The first-order chi connectivity index (χ1) is 8.09. The first-order valence-corrected chi connectivity index (χ1v) is 7.39. The van der Waals surface area contributed by atoms with Gasteiger partial charge in [0.2, 0.25) is 0 Å². The fraction of sp³-hybridized carbons (Fsp3) is 0.500. The maximum Gasteiger partial charge on any atom is 0.112 e. The van der Waals surface area contributed by atoms with E-state index in [1.165, 1.54) is 4.88 Å². The summed E-state index contributed by atoms with van der Waals surface area (Å²) in [5.74, 6) is 0. The van der Waals surface area contributed by atoms with Crippen molar-refractivity contribution >= 4 is 22.7 Å². The summed E-state index contributed by atoms with van der Waals surface area (Å²) in [4.78, 5) is 10.00. The monoisotopic (exact) mass is 267 g/mol. The molecule has 0 saturated carbocycles. The van der Waals surface area contributed by atoms with E-state index in [0.29, 0.717) is 0 Å². The molecule has 0 radical (unpaired) electrons. The van der Waals surface area contributed by atoms with E-state index in [0.717, 1.165) is 23.7 Å². The number of nitrogens with one attached hydrogen (secondary N) is 1. The molecule has 0 spiro atoms. The summed E-state index contributed by atoms with van der Waals surface area (Å²) in [5, 5.41) is 6.71. The van der Waals surface area contributed by atoms with E-state index in [9.17, 15) is 0 Å². The van der Waals surface area contributed by atoms with Gasteiger partial charge in [0.05, 0.1) is 16.7 Å². The largest absolute Gasteiger partial charge is 0.305 e. The average Bonchev–Trinajstić information content (AvgIpc) is 2.90. The van der Waals surface area contributed by atoms with E-state index in [1.54, 1.807) is 22.7 Å². The van der Waals surface area contributed by atoms with Gasteiger partial charge in [-0.2, -0.15) is 0 Å². The second-order valence-corrected chi connectivity index (χ2v) is 6.33. The highest BCUT2D eigenvalue weighted by Gasteiger charge is 2.22. The normalized spacial score (nSPS) is 11.9. The van der Waals surface area contributed by atoms with Crippen LogP contribution in [-0.2, 0) is 12.0 Å². The summed E-state index contributed by atoms with van der Waals surface area (Å²) in [7, 11) is 0. The molecule has 0 aliphatic heterocycles. The van der Waals surface area contributed by atoms with Crippen LogP contribution in [0.1, 0.15) is 29.4 Å². The number of hydrogen-bond acceptors (Lipinski definition) is 5. The highest BCUT2D eigenvalue weighted by atomic mass is 32.1. The van der Waals surface area contributed by atoms with Crippen molar-refractivity contribution in [2.75, 3.05) is 6.54 Å². The van der Waals surface area contributed by atoms with Crippen molar-refractivity contribution in [3.8, 4) is 0 Å². The first kappa shape index (κ1) is 12.7. The third-order valence-corrected chi connectivity index (χ3v) is 4.82. The predicted octanol–water partition coefficient (Wildman–Crippen LogP) is 2.98. The molecule has 0 aromatic carbocycles. The van der Waals surface area contributed by atoms with Crippen molar-refractivity contribution in [3.63, 3.8) is 0 Å². The lowest BCUT2D eigenvalue weighted by atomic mass is 10.1. The average molecular weight is 267 g/mol. The Morgan fingerprint density at radius 3 is 2.71 bits per heavy atom. The second kappa shape index (κ2) is 5.25. The maximum atomic E-state index is 4.37. The third kappa shape index (κ3) is 3.12.